The monoisotopic (exact) mass is 624 g/mol. The van der Waals surface area contributed by atoms with Crippen LogP contribution in [-0.2, 0) is 0 Å². The third-order valence-electron chi connectivity index (χ3n) is 3.59. The molecule has 0 aliphatic heterocycles. The normalized spacial score (nSPS) is 16.6. The molecule has 0 nitrogen and oxygen atoms in total. The summed E-state index contributed by atoms with van der Waals surface area (Å²) in [5.41, 5.74) is 0. The first-order valence-electron chi connectivity index (χ1n) is 6.71. The van der Waals surface area contributed by atoms with E-state index in [1.807, 2.05) is 0 Å². The van der Waals surface area contributed by atoms with Crippen molar-refractivity contribution >= 4 is 22.6 Å². The van der Waals surface area contributed by atoms with Crippen molar-refractivity contribution in [1.29, 1.82) is 0 Å². The molecular formula is C11H4F19I. The van der Waals surface area contributed by atoms with Gasteiger partial charge in [-0.15, -0.1) is 0 Å². The van der Waals surface area contributed by atoms with Crippen molar-refractivity contribution in [2.45, 2.75) is 60.0 Å². The van der Waals surface area contributed by atoms with Crippen molar-refractivity contribution in [3.8, 4) is 0 Å². The minimum atomic E-state index is -8.86. The molecule has 0 radical (unpaired) electrons. The molecular weight excluding hydrogens is 620 g/mol. The molecule has 0 aromatic carbocycles. The summed E-state index contributed by atoms with van der Waals surface area (Å²) in [5, 5.41) is 0. The molecule has 20 heteroatoms. The van der Waals surface area contributed by atoms with Crippen LogP contribution in [-0.4, -0.2) is 58.0 Å². The zero-order valence-electron chi connectivity index (χ0n) is 13.5. The Morgan fingerprint density at radius 3 is 0.806 bits per heavy atom. The fraction of sp³-hybridized carbons (Fsp3) is 1.00. The second-order valence-electron chi connectivity index (χ2n) is 5.66. The summed E-state index contributed by atoms with van der Waals surface area (Å²) in [6.07, 6.45) is -10.4. The van der Waals surface area contributed by atoms with Crippen LogP contribution in [0.2, 0.25) is 0 Å². The molecule has 31 heavy (non-hydrogen) atoms. The van der Waals surface area contributed by atoms with E-state index in [0.29, 0.717) is 0 Å². The van der Waals surface area contributed by atoms with E-state index in [1.54, 1.807) is 0 Å². The zero-order chi connectivity index (χ0) is 25.9. The standard InChI is InChI=1S/C11H4F19I/c12-3(13,1-2-31)4(14,15)5(16,17)6(18,19)7(20,21)8(22,23)9(24,25)10(26,27)11(28,29)30/h1-2H2. The van der Waals surface area contributed by atoms with E-state index in [2.05, 4.69) is 0 Å². The number of hydrogen-bond acceptors (Lipinski definition) is 0. The summed E-state index contributed by atoms with van der Waals surface area (Å²) in [6, 6.07) is 0. The largest absolute Gasteiger partial charge is 0.460 e. The lowest BCUT2D eigenvalue weighted by Gasteiger charge is -2.43. The summed E-state index contributed by atoms with van der Waals surface area (Å²) in [5.74, 6) is -65.8. The Morgan fingerprint density at radius 2 is 0.581 bits per heavy atom. The van der Waals surface area contributed by atoms with E-state index in [4.69, 9.17) is 0 Å². The summed E-state index contributed by atoms with van der Waals surface area (Å²) >= 11 is 0.754. The van der Waals surface area contributed by atoms with Crippen molar-refractivity contribution in [3.05, 3.63) is 0 Å². The van der Waals surface area contributed by atoms with Crippen molar-refractivity contribution in [2.24, 2.45) is 0 Å². The lowest BCUT2D eigenvalue weighted by atomic mass is 9.87. The Labute approximate surface area is 171 Å². The van der Waals surface area contributed by atoms with Gasteiger partial charge < -0.3 is 0 Å². The van der Waals surface area contributed by atoms with Gasteiger partial charge in [-0.05, 0) is 0 Å². The lowest BCUT2D eigenvalue weighted by molar-refractivity contribution is -0.468. The fourth-order valence-electron chi connectivity index (χ4n) is 1.67. The van der Waals surface area contributed by atoms with Gasteiger partial charge in [0.15, 0.2) is 0 Å². The molecule has 0 saturated heterocycles. The highest BCUT2D eigenvalue weighted by Gasteiger charge is 2.96. The van der Waals surface area contributed by atoms with Gasteiger partial charge in [0.1, 0.15) is 0 Å². The first-order chi connectivity index (χ1) is 13.1. The first kappa shape index (κ1) is 30.4. The molecule has 0 aliphatic rings. The molecule has 0 fully saturated rings. The highest BCUT2D eigenvalue weighted by molar-refractivity contribution is 14.1. The maximum atomic E-state index is 13.3. The summed E-state index contributed by atoms with van der Waals surface area (Å²) in [4.78, 5) is 0. The molecule has 0 aromatic rings. The van der Waals surface area contributed by atoms with Crippen LogP contribution in [0.5, 0.6) is 0 Å². The second-order valence-corrected chi connectivity index (χ2v) is 6.74. The lowest BCUT2D eigenvalue weighted by Crippen LogP contribution is -2.75. The third-order valence-corrected chi connectivity index (χ3v) is 4.13. The van der Waals surface area contributed by atoms with Crippen molar-refractivity contribution in [1.82, 2.24) is 0 Å². The fourth-order valence-corrected chi connectivity index (χ4v) is 2.35. The highest BCUT2D eigenvalue weighted by Crippen LogP contribution is 2.65. The van der Waals surface area contributed by atoms with Gasteiger partial charge in [-0.1, -0.05) is 22.6 Å². The van der Waals surface area contributed by atoms with Crippen LogP contribution < -0.4 is 0 Å². The van der Waals surface area contributed by atoms with Crippen LogP contribution >= 0.6 is 22.6 Å². The average molecular weight is 624 g/mol. The number of hydrogen-bond donors (Lipinski definition) is 0. The third kappa shape index (κ3) is 3.88. The SMILES string of the molecule is FC(F)(F)C(F)(F)C(F)(F)C(F)(F)C(F)(F)C(F)(F)C(F)(F)C(F)(F)C(F)(F)CCI. The molecule has 0 rings (SSSR count). The van der Waals surface area contributed by atoms with Crippen LogP contribution in [0.4, 0.5) is 83.4 Å². The number of alkyl halides is 20. The van der Waals surface area contributed by atoms with Gasteiger partial charge in [0.05, 0.1) is 0 Å². The van der Waals surface area contributed by atoms with E-state index in [1.165, 1.54) is 0 Å². The molecule has 0 unspecified atom stereocenters. The summed E-state index contributed by atoms with van der Waals surface area (Å²) < 4.78 is 244. The maximum absolute atomic E-state index is 13.3. The van der Waals surface area contributed by atoms with Crippen LogP contribution in [0.1, 0.15) is 6.42 Å². The second kappa shape index (κ2) is 7.73. The molecule has 0 heterocycles. The first-order valence-corrected chi connectivity index (χ1v) is 8.24. The topological polar surface area (TPSA) is 0 Å². The highest BCUT2D eigenvalue weighted by atomic mass is 127. The molecule has 0 aromatic heterocycles. The van der Waals surface area contributed by atoms with E-state index < -0.39 is 64.4 Å². The predicted molar refractivity (Wildman–Crippen MR) is 69.1 cm³/mol. The number of halogens is 20. The van der Waals surface area contributed by atoms with Gasteiger partial charge in [0.25, 0.3) is 0 Å². The molecule has 0 aliphatic carbocycles. The van der Waals surface area contributed by atoms with Crippen LogP contribution in [0.3, 0.4) is 0 Å². The van der Waals surface area contributed by atoms with E-state index in [-0.39, 0.29) is 0 Å². The Balaban J connectivity index is 6.84. The molecule has 188 valence electrons. The Bertz CT molecular complexity index is 644. The Kier molecular flexibility index (Phi) is 7.58. The van der Waals surface area contributed by atoms with Gasteiger partial charge in [0.2, 0.25) is 0 Å². The minimum Gasteiger partial charge on any atom is -0.200 e. The zero-order valence-corrected chi connectivity index (χ0v) is 15.6. The Hall–Kier alpha value is -0.600. The van der Waals surface area contributed by atoms with Gasteiger partial charge in [-0.3, -0.25) is 0 Å². The smallest absolute Gasteiger partial charge is 0.200 e. The van der Waals surface area contributed by atoms with Crippen LogP contribution in [0.25, 0.3) is 0 Å². The van der Waals surface area contributed by atoms with Crippen molar-refractivity contribution < 1.29 is 83.4 Å². The minimum absolute atomic E-state index is 0.754. The van der Waals surface area contributed by atoms with Crippen molar-refractivity contribution in [3.63, 3.8) is 0 Å². The predicted octanol–water partition coefficient (Wildman–Crippen LogP) is 7.46. The molecule has 0 atom stereocenters. The molecule has 0 N–H and O–H groups in total. The maximum Gasteiger partial charge on any atom is 0.460 e. The quantitative estimate of drug-likeness (QED) is 0.142. The van der Waals surface area contributed by atoms with E-state index >= 15 is 0 Å². The van der Waals surface area contributed by atoms with Gasteiger partial charge in [0, 0.05) is 10.8 Å². The van der Waals surface area contributed by atoms with E-state index in [0.717, 1.165) is 22.6 Å². The van der Waals surface area contributed by atoms with Crippen molar-refractivity contribution in [2.75, 3.05) is 4.43 Å². The molecule has 0 spiro atoms. The average Bonchev–Trinajstić information content (AvgIpc) is 2.52. The van der Waals surface area contributed by atoms with Crippen LogP contribution in [0, 0.1) is 0 Å². The number of rotatable bonds is 9. The van der Waals surface area contributed by atoms with Crippen LogP contribution in [0.15, 0.2) is 0 Å². The van der Waals surface area contributed by atoms with Gasteiger partial charge in [-0.25, -0.2) is 0 Å². The van der Waals surface area contributed by atoms with Gasteiger partial charge in [-0.2, -0.15) is 83.4 Å². The van der Waals surface area contributed by atoms with Gasteiger partial charge >= 0.3 is 53.6 Å². The summed E-state index contributed by atoms with van der Waals surface area (Å²) in [7, 11) is 0. The summed E-state index contributed by atoms with van der Waals surface area (Å²) in [6.45, 7) is 0. The molecule has 0 amide bonds. The molecule has 0 bridgehead atoms. The van der Waals surface area contributed by atoms with E-state index in [9.17, 15) is 83.4 Å². The molecule has 0 saturated carbocycles. The Morgan fingerprint density at radius 1 is 0.355 bits per heavy atom.